The third-order valence-electron chi connectivity index (χ3n) is 4.99. The van der Waals surface area contributed by atoms with Crippen LogP contribution < -0.4 is 5.32 Å². The lowest BCUT2D eigenvalue weighted by Crippen LogP contribution is -2.39. The number of carbonyl (C=O) groups is 1. The highest BCUT2D eigenvalue weighted by Gasteiger charge is 2.31. The molecular formula is C20H21ClN4O. The Morgan fingerprint density at radius 3 is 2.85 bits per heavy atom. The van der Waals surface area contributed by atoms with Gasteiger partial charge in [-0.25, -0.2) is 4.52 Å². The Hall–Kier alpha value is -2.37. The highest BCUT2D eigenvalue weighted by atomic mass is 35.5. The standard InChI is InChI=1S/C20H21ClN4O/c1-14-11-24(12-15-6-3-2-4-7-15)13-18(14)23-20(26)16-10-22-25-9-5-8-17(21)19(16)25/h2-10,14,18H,11-13H2,1H3,(H,23,26). The molecule has 5 nitrogen and oxygen atoms in total. The lowest BCUT2D eigenvalue weighted by molar-refractivity contribution is 0.0933. The number of carbonyl (C=O) groups excluding carboxylic acids is 1. The van der Waals surface area contributed by atoms with E-state index in [1.807, 2.05) is 12.1 Å². The Morgan fingerprint density at radius 1 is 1.23 bits per heavy atom. The molecule has 1 fully saturated rings. The van der Waals surface area contributed by atoms with Gasteiger partial charge in [0.2, 0.25) is 0 Å². The second-order valence-corrected chi connectivity index (χ2v) is 7.35. The van der Waals surface area contributed by atoms with E-state index in [-0.39, 0.29) is 11.9 Å². The minimum absolute atomic E-state index is 0.114. The average molecular weight is 369 g/mol. The number of benzene rings is 1. The summed E-state index contributed by atoms with van der Waals surface area (Å²) in [6, 6.07) is 14.1. The summed E-state index contributed by atoms with van der Waals surface area (Å²) in [5, 5.41) is 7.93. The molecule has 1 aliphatic heterocycles. The number of fused-ring (bicyclic) bond motifs is 1. The number of hydrogen-bond donors (Lipinski definition) is 1. The summed E-state index contributed by atoms with van der Waals surface area (Å²) in [6.07, 6.45) is 3.37. The van der Waals surface area contributed by atoms with Gasteiger partial charge in [0.1, 0.15) is 0 Å². The number of likely N-dealkylation sites (tertiary alicyclic amines) is 1. The van der Waals surface area contributed by atoms with E-state index in [0.717, 1.165) is 19.6 Å². The molecular weight excluding hydrogens is 348 g/mol. The van der Waals surface area contributed by atoms with Gasteiger partial charge in [-0.15, -0.1) is 0 Å². The molecule has 1 amide bonds. The maximum Gasteiger partial charge on any atom is 0.255 e. The number of halogens is 1. The number of nitrogens with zero attached hydrogens (tertiary/aromatic N) is 3. The van der Waals surface area contributed by atoms with Crippen LogP contribution in [0, 0.1) is 5.92 Å². The van der Waals surface area contributed by atoms with Crippen LogP contribution in [0.5, 0.6) is 0 Å². The molecule has 1 aromatic carbocycles. The van der Waals surface area contributed by atoms with Gasteiger partial charge in [-0.1, -0.05) is 48.9 Å². The largest absolute Gasteiger partial charge is 0.348 e. The maximum absolute atomic E-state index is 12.8. The molecule has 2 atom stereocenters. The van der Waals surface area contributed by atoms with Crippen molar-refractivity contribution in [1.82, 2.24) is 19.8 Å². The Kier molecular flexibility index (Phi) is 4.66. The SMILES string of the molecule is CC1CN(Cc2ccccc2)CC1NC(=O)c1cnn2cccc(Cl)c12. The Labute approximate surface area is 157 Å². The van der Waals surface area contributed by atoms with Crippen LogP contribution in [-0.4, -0.2) is 39.6 Å². The fraction of sp³-hybridized carbons (Fsp3) is 0.300. The second-order valence-electron chi connectivity index (χ2n) is 6.94. The van der Waals surface area contributed by atoms with Crippen LogP contribution >= 0.6 is 11.6 Å². The predicted octanol–water partition coefficient (Wildman–Crippen LogP) is 3.24. The first-order valence-corrected chi connectivity index (χ1v) is 9.18. The summed E-state index contributed by atoms with van der Waals surface area (Å²) in [4.78, 5) is 15.2. The number of rotatable bonds is 4. The summed E-state index contributed by atoms with van der Waals surface area (Å²) in [5.74, 6) is 0.270. The van der Waals surface area contributed by atoms with Crippen molar-refractivity contribution in [2.24, 2.45) is 5.92 Å². The first-order chi connectivity index (χ1) is 12.6. The summed E-state index contributed by atoms with van der Waals surface area (Å²) < 4.78 is 1.64. The van der Waals surface area contributed by atoms with Gasteiger partial charge in [0, 0.05) is 31.9 Å². The Balaban J connectivity index is 1.46. The fourth-order valence-electron chi connectivity index (χ4n) is 3.64. The summed E-state index contributed by atoms with van der Waals surface area (Å²) in [7, 11) is 0. The number of nitrogens with one attached hydrogen (secondary N) is 1. The summed E-state index contributed by atoms with van der Waals surface area (Å²) in [6.45, 7) is 4.89. The lowest BCUT2D eigenvalue weighted by atomic mass is 10.1. The lowest BCUT2D eigenvalue weighted by Gasteiger charge is -2.17. The molecule has 134 valence electrons. The normalized spacial score (nSPS) is 20.5. The number of amides is 1. The van der Waals surface area contributed by atoms with E-state index in [9.17, 15) is 4.79 Å². The third-order valence-corrected chi connectivity index (χ3v) is 5.29. The molecule has 0 aliphatic carbocycles. The fourth-order valence-corrected chi connectivity index (χ4v) is 3.90. The van der Waals surface area contributed by atoms with Crippen LogP contribution in [0.25, 0.3) is 5.52 Å². The van der Waals surface area contributed by atoms with E-state index in [1.165, 1.54) is 5.56 Å². The van der Waals surface area contributed by atoms with Crippen molar-refractivity contribution in [3.05, 3.63) is 71.0 Å². The number of pyridine rings is 1. The van der Waals surface area contributed by atoms with Gasteiger partial charge in [-0.3, -0.25) is 9.69 Å². The minimum atomic E-state index is -0.119. The molecule has 1 aliphatic rings. The smallest absolute Gasteiger partial charge is 0.255 e. The zero-order chi connectivity index (χ0) is 18.1. The number of aromatic nitrogens is 2. The molecule has 1 N–H and O–H groups in total. The van der Waals surface area contributed by atoms with Crippen LogP contribution in [-0.2, 0) is 6.54 Å². The summed E-state index contributed by atoms with van der Waals surface area (Å²) in [5.41, 5.74) is 2.46. The first kappa shape index (κ1) is 17.1. The van der Waals surface area contributed by atoms with Gasteiger partial charge < -0.3 is 5.32 Å². The average Bonchev–Trinajstić information content (AvgIpc) is 3.21. The van der Waals surface area contributed by atoms with Crippen molar-refractivity contribution in [1.29, 1.82) is 0 Å². The summed E-state index contributed by atoms with van der Waals surface area (Å²) >= 11 is 6.26. The molecule has 0 saturated carbocycles. The van der Waals surface area contributed by atoms with E-state index in [1.54, 1.807) is 23.0 Å². The van der Waals surface area contributed by atoms with Gasteiger partial charge >= 0.3 is 0 Å². The van der Waals surface area contributed by atoms with Crippen molar-refractivity contribution in [3.63, 3.8) is 0 Å². The first-order valence-electron chi connectivity index (χ1n) is 8.81. The predicted molar refractivity (Wildman–Crippen MR) is 102 cm³/mol. The molecule has 1 saturated heterocycles. The highest BCUT2D eigenvalue weighted by Crippen LogP contribution is 2.23. The van der Waals surface area contributed by atoms with Crippen LogP contribution in [0.1, 0.15) is 22.8 Å². The van der Waals surface area contributed by atoms with Crippen molar-refractivity contribution in [2.75, 3.05) is 13.1 Å². The monoisotopic (exact) mass is 368 g/mol. The van der Waals surface area contributed by atoms with Crippen molar-refractivity contribution >= 4 is 23.0 Å². The van der Waals surface area contributed by atoms with E-state index < -0.39 is 0 Å². The van der Waals surface area contributed by atoms with Crippen molar-refractivity contribution < 1.29 is 4.79 Å². The van der Waals surface area contributed by atoms with E-state index in [2.05, 4.69) is 46.5 Å². The topological polar surface area (TPSA) is 49.6 Å². The van der Waals surface area contributed by atoms with Crippen molar-refractivity contribution in [3.8, 4) is 0 Å². The quantitative estimate of drug-likeness (QED) is 0.769. The van der Waals surface area contributed by atoms with Gasteiger partial charge in [0.15, 0.2) is 0 Å². The molecule has 0 bridgehead atoms. The molecule has 4 rings (SSSR count). The zero-order valence-corrected chi connectivity index (χ0v) is 15.4. The molecule has 2 aromatic heterocycles. The molecule has 26 heavy (non-hydrogen) atoms. The van der Waals surface area contributed by atoms with Crippen molar-refractivity contribution in [2.45, 2.75) is 19.5 Å². The Morgan fingerprint density at radius 2 is 2.04 bits per heavy atom. The number of hydrogen-bond acceptors (Lipinski definition) is 3. The maximum atomic E-state index is 12.8. The van der Waals surface area contributed by atoms with Gasteiger partial charge in [0.05, 0.1) is 22.3 Å². The highest BCUT2D eigenvalue weighted by molar-refractivity contribution is 6.34. The molecule has 3 heterocycles. The third kappa shape index (κ3) is 3.32. The minimum Gasteiger partial charge on any atom is -0.348 e. The van der Waals surface area contributed by atoms with Crippen LogP contribution in [0.3, 0.4) is 0 Å². The van der Waals surface area contributed by atoms with Gasteiger partial charge in [-0.2, -0.15) is 5.10 Å². The zero-order valence-electron chi connectivity index (χ0n) is 14.6. The molecule has 0 radical (unpaired) electrons. The van der Waals surface area contributed by atoms with Crippen LogP contribution in [0.15, 0.2) is 54.9 Å². The van der Waals surface area contributed by atoms with Gasteiger partial charge in [0.25, 0.3) is 5.91 Å². The van der Waals surface area contributed by atoms with Crippen LogP contribution in [0.4, 0.5) is 0 Å². The Bertz CT molecular complexity index is 924. The molecule has 6 heteroatoms. The molecule has 0 spiro atoms. The molecule has 2 unspecified atom stereocenters. The van der Waals surface area contributed by atoms with E-state index in [4.69, 9.17) is 11.6 Å². The van der Waals surface area contributed by atoms with Crippen LogP contribution in [0.2, 0.25) is 5.02 Å². The van der Waals surface area contributed by atoms with Gasteiger partial charge in [-0.05, 0) is 23.6 Å². The van der Waals surface area contributed by atoms with E-state index in [0.29, 0.717) is 22.0 Å². The molecule has 3 aromatic rings. The van der Waals surface area contributed by atoms with E-state index >= 15 is 0 Å². The second kappa shape index (κ2) is 7.09.